The molecule has 186 valence electrons. The minimum atomic E-state index is -4.67. The van der Waals surface area contributed by atoms with Crippen LogP contribution in [0.2, 0.25) is 0 Å². The predicted octanol–water partition coefficient (Wildman–Crippen LogP) is 4.31. The lowest BCUT2D eigenvalue weighted by atomic mass is 10.1. The van der Waals surface area contributed by atoms with Crippen molar-refractivity contribution in [1.29, 1.82) is 0 Å². The summed E-state index contributed by atoms with van der Waals surface area (Å²) in [6.45, 7) is 2.32. The first-order valence-electron chi connectivity index (χ1n) is 11.5. The number of allylic oxidation sites excluding steroid dienone is 2. The number of aliphatic hydroxyl groups is 2. The van der Waals surface area contributed by atoms with Gasteiger partial charge in [-0.25, -0.2) is 0 Å². The van der Waals surface area contributed by atoms with Crippen LogP contribution in [0.25, 0.3) is 0 Å². The van der Waals surface area contributed by atoms with Gasteiger partial charge in [-0.05, 0) is 32.1 Å². The highest BCUT2D eigenvalue weighted by molar-refractivity contribution is 7.79. The SMILES string of the molecule is CCCCCCCCC=CCCCCCCCC(=O)C(O)COCCO.O=S(=O)(O)O. The summed E-state index contributed by atoms with van der Waals surface area (Å²) >= 11 is 0. The average Bonchev–Trinajstić information content (AvgIpc) is 2.69. The first kappa shape index (κ1) is 32.3. The first-order chi connectivity index (χ1) is 14.7. The molecule has 0 heterocycles. The maximum atomic E-state index is 11.7. The number of ketones is 1. The van der Waals surface area contributed by atoms with Crippen LogP contribution in [0.4, 0.5) is 0 Å². The fourth-order valence-corrected chi connectivity index (χ4v) is 2.89. The Kier molecular flexibility index (Phi) is 24.8. The molecule has 0 aliphatic rings. The Morgan fingerprint density at radius 2 is 1.32 bits per heavy atom. The molecule has 0 bridgehead atoms. The second-order valence-corrected chi connectivity index (χ2v) is 8.46. The molecule has 0 aliphatic carbocycles. The van der Waals surface area contributed by atoms with Gasteiger partial charge in [0, 0.05) is 6.42 Å². The molecule has 0 aromatic carbocycles. The Morgan fingerprint density at radius 3 is 1.81 bits per heavy atom. The molecule has 0 radical (unpaired) electrons. The summed E-state index contributed by atoms with van der Waals surface area (Å²) in [5.41, 5.74) is 0. The molecule has 0 aromatic rings. The van der Waals surface area contributed by atoms with E-state index < -0.39 is 16.5 Å². The van der Waals surface area contributed by atoms with Gasteiger partial charge in [-0.2, -0.15) is 8.42 Å². The van der Waals surface area contributed by atoms with Gasteiger partial charge in [-0.3, -0.25) is 13.9 Å². The minimum absolute atomic E-state index is 0.00946. The Bertz CT molecular complexity index is 512. The zero-order chi connectivity index (χ0) is 23.8. The van der Waals surface area contributed by atoms with Crippen LogP contribution < -0.4 is 0 Å². The molecule has 31 heavy (non-hydrogen) atoms. The highest BCUT2D eigenvalue weighted by atomic mass is 32.3. The summed E-state index contributed by atoms with van der Waals surface area (Å²) in [5.74, 6) is -0.152. The van der Waals surface area contributed by atoms with Crippen LogP contribution >= 0.6 is 0 Å². The summed E-state index contributed by atoms with van der Waals surface area (Å²) in [6.07, 6.45) is 20.0. The van der Waals surface area contributed by atoms with Crippen molar-refractivity contribution in [1.82, 2.24) is 0 Å². The number of Topliss-reactive ketones (excluding diaryl/α,β-unsaturated/α-hetero) is 1. The van der Waals surface area contributed by atoms with Crippen LogP contribution in [0.15, 0.2) is 12.2 Å². The van der Waals surface area contributed by atoms with Crippen LogP contribution in [-0.2, 0) is 19.9 Å². The van der Waals surface area contributed by atoms with Crippen LogP contribution in [0, 0.1) is 0 Å². The maximum absolute atomic E-state index is 11.7. The summed E-state index contributed by atoms with van der Waals surface area (Å²) in [5, 5.41) is 18.2. The van der Waals surface area contributed by atoms with Gasteiger partial charge in [-0.15, -0.1) is 0 Å². The molecule has 1 unspecified atom stereocenters. The molecule has 0 spiro atoms. The third-order valence-corrected chi connectivity index (χ3v) is 4.57. The Morgan fingerprint density at radius 1 is 0.871 bits per heavy atom. The van der Waals surface area contributed by atoms with Crippen molar-refractivity contribution in [3.8, 4) is 0 Å². The summed E-state index contributed by atoms with van der Waals surface area (Å²) in [6, 6.07) is 0. The molecule has 0 amide bonds. The van der Waals surface area contributed by atoms with E-state index >= 15 is 0 Å². The fraction of sp³-hybridized carbons (Fsp3) is 0.864. The fourth-order valence-electron chi connectivity index (χ4n) is 2.89. The first-order valence-corrected chi connectivity index (χ1v) is 12.9. The van der Waals surface area contributed by atoms with Gasteiger partial charge in [0.2, 0.25) is 0 Å². The molecular formula is C22H44O8S. The zero-order valence-electron chi connectivity index (χ0n) is 19.1. The van der Waals surface area contributed by atoms with Gasteiger partial charge < -0.3 is 14.9 Å². The number of hydrogen-bond acceptors (Lipinski definition) is 6. The summed E-state index contributed by atoms with van der Waals surface area (Å²) < 4.78 is 36.6. The van der Waals surface area contributed by atoms with E-state index in [0.29, 0.717) is 6.42 Å². The van der Waals surface area contributed by atoms with E-state index in [0.717, 1.165) is 25.7 Å². The smallest absolute Gasteiger partial charge is 0.394 e. The normalized spacial score (nSPS) is 12.5. The number of unbranched alkanes of at least 4 members (excludes halogenated alkanes) is 11. The van der Waals surface area contributed by atoms with Crippen molar-refractivity contribution < 1.29 is 37.3 Å². The monoisotopic (exact) mass is 468 g/mol. The van der Waals surface area contributed by atoms with E-state index in [-0.39, 0.29) is 25.6 Å². The average molecular weight is 469 g/mol. The molecular weight excluding hydrogens is 424 g/mol. The van der Waals surface area contributed by atoms with Crippen molar-refractivity contribution >= 4 is 16.2 Å². The lowest BCUT2D eigenvalue weighted by Crippen LogP contribution is -2.26. The summed E-state index contributed by atoms with van der Waals surface area (Å²) in [4.78, 5) is 11.7. The van der Waals surface area contributed by atoms with E-state index in [9.17, 15) is 9.90 Å². The zero-order valence-corrected chi connectivity index (χ0v) is 19.9. The number of rotatable bonds is 20. The minimum Gasteiger partial charge on any atom is -0.394 e. The lowest BCUT2D eigenvalue weighted by molar-refractivity contribution is -0.130. The quantitative estimate of drug-likeness (QED) is 0.118. The van der Waals surface area contributed by atoms with Crippen LogP contribution in [-0.4, -0.2) is 59.4 Å². The highest BCUT2D eigenvalue weighted by Gasteiger charge is 2.14. The van der Waals surface area contributed by atoms with E-state index in [2.05, 4.69) is 19.1 Å². The van der Waals surface area contributed by atoms with E-state index in [1.54, 1.807) is 0 Å². The molecule has 0 aromatic heterocycles. The van der Waals surface area contributed by atoms with E-state index in [1.807, 2.05) is 0 Å². The van der Waals surface area contributed by atoms with Gasteiger partial charge in [-0.1, -0.05) is 70.4 Å². The van der Waals surface area contributed by atoms with Crippen molar-refractivity contribution in [2.75, 3.05) is 19.8 Å². The van der Waals surface area contributed by atoms with Crippen molar-refractivity contribution in [2.24, 2.45) is 0 Å². The van der Waals surface area contributed by atoms with Gasteiger partial charge in [0.1, 0.15) is 6.10 Å². The Balaban J connectivity index is 0. The molecule has 4 N–H and O–H groups in total. The third kappa shape index (κ3) is 34.0. The van der Waals surface area contributed by atoms with Crippen LogP contribution in [0.1, 0.15) is 96.8 Å². The van der Waals surface area contributed by atoms with Gasteiger partial charge in [0.25, 0.3) is 0 Å². The topological polar surface area (TPSA) is 141 Å². The summed E-state index contributed by atoms with van der Waals surface area (Å²) in [7, 11) is -4.67. The second kappa shape index (κ2) is 23.8. The Labute approximate surface area is 188 Å². The molecule has 0 saturated heterocycles. The van der Waals surface area contributed by atoms with E-state index in [4.69, 9.17) is 27.4 Å². The van der Waals surface area contributed by atoms with Crippen molar-refractivity contribution in [3.63, 3.8) is 0 Å². The van der Waals surface area contributed by atoms with Crippen molar-refractivity contribution in [2.45, 2.75) is 103 Å². The van der Waals surface area contributed by atoms with Gasteiger partial charge in [0.15, 0.2) is 5.78 Å². The molecule has 9 heteroatoms. The number of ether oxygens (including phenoxy) is 1. The molecule has 8 nitrogen and oxygen atoms in total. The number of carbonyl (C=O) groups is 1. The predicted molar refractivity (Wildman–Crippen MR) is 123 cm³/mol. The molecule has 0 rings (SSSR count). The number of aliphatic hydroxyl groups excluding tert-OH is 2. The van der Waals surface area contributed by atoms with Crippen molar-refractivity contribution in [3.05, 3.63) is 12.2 Å². The lowest BCUT2D eigenvalue weighted by Gasteiger charge is -2.09. The largest absolute Gasteiger partial charge is 0.394 e. The number of hydrogen-bond donors (Lipinski definition) is 4. The Hall–Kier alpha value is -0.840. The second-order valence-electron chi connectivity index (χ2n) is 7.56. The van der Waals surface area contributed by atoms with Crippen LogP contribution in [0.3, 0.4) is 0 Å². The molecule has 0 fully saturated rings. The van der Waals surface area contributed by atoms with E-state index in [1.165, 1.54) is 57.8 Å². The van der Waals surface area contributed by atoms with Gasteiger partial charge >= 0.3 is 10.4 Å². The number of carbonyl (C=O) groups excluding carboxylic acids is 1. The highest BCUT2D eigenvalue weighted by Crippen LogP contribution is 2.10. The maximum Gasteiger partial charge on any atom is 0.394 e. The molecule has 1 atom stereocenters. The third-order valence-electron chi connectivity index (χ3n) is 4.57. The standard InChI is InChI=1S/C22H42O4.H2O4S/c1-2-3-4-5-6-7-8-9-10-11-12-13-14-15-16-17-21(24)22(25)20-26-19-18-23;1-5(2,3)4/h9-10,22-23,25H,2-8,11-20H2,1H3;(H2,1,2,3,4). The molecule has 0 saturated carbocycles. The molecule has 0 aliphatic heterocycles. The van der Waals surface area contributed by atoms with Gasteiger partial charge in [0.05, 0.1) is 19.8 Å². The van der Waals surface area contributed by atoms with Crippen LogP contribution in [0.5, 0.6) is 0 Å².